The highest BCUT2D eigenvalue weighted by Gasteiger charge is 2.22. The van der Waals surface area contributed by atoms with Crippen LogP contribution in [0.1, 0.15) is 0 Å². The van der Waals surface area contributed by atoms with Gasteiger partial charge in [0, 0.05) is 0 Å². The highest BCUT2D eigenvalue weighted by molar-refractivity contribution is 5.77. The minimum atomic E-state index is -2.01. The summed E-state index contributed by atoms with van der Waals surface area (Å²) in [6, 6.07) is 0. The second kappa shape index (κ2) is 3.16. The molecule has 0 aliphatic rings. The van der Waals surface area contributed by atoms with Crippen LogP contribution in [0.4, 0.5) is 0 Å². The predicted octanol–water partition coefficient (Wildman–Crippen LogP) is -2.01. The Balaban J connectivity index is 3.86. The van der Waals surface area contributed by atoms with Crippen LogP contribution >= 0.6 is 0 Å². The lowest BCUT2D eigenvalue weighted by Gasteiger charge is -2.04. The van der Waals surface area contributed by atoms with Crippen LogP contribution in [-0.2, 0) is 9.59 Å². The molecule has 0 rings (SSSR count). The molecule has 0 amide bonds. The Morgan fingerprint density at radius 2 is 1.89 bits per heavy atom. The van der Waals surface area contributed by atoms with Crippen LogP contribution in [0.5, 0.6) is 0 Å². The van der Waals surface area contributed by atoms with Crippen molar-refractivity contribution in [2.24, 2.45) is 0 Å². The Morgan fingerprint density at radius 1 is 1.44 bits per heavy atom. The molecular formula is C4H6O5. The maximum absolute atomic E-state index is 9.73. The number of aliphatic hydroxyl groups is 2. The summed E-state index contributed by atoms with van der Waals surface area (Å²) in [6.45, 7) is 0. The molecule has 0 aliphatic heterocycles. The fourth-order valence-electron chi connectivity index (χ4n) is 0.220. The number of aliphatic carboxylic acids is 1. The van der Waals surface area contributed by atoms with Crippen molar-refractivity contribution in [3.8, 4) is 0 Å². The van der Waals surface area contributed by atoms with Gasteiger partial charge >= 0.3 is 5.97 Å². The van der Waals surface area contributed by atoms with Crippen molar-refractivity contribution < 1.29 is 24.9 Å². The van der Waals surface area contributed by atoms with E-state index < -0.39 is 18.2 Å². The van der Waals surface area contributed by atoms with Crippen LogP contribution in [0.3, 0.4) is 0 Å². The fraction of sp³-hybridized carbons (Fsp3) is 0.500. The monoisotopic (exact) mass is 134 g/mol. The minimum Gasteiger partial charge on any atom is -0.479 e. The fourth-order valence-corrected chi connectivity index (χ4v) is 0.220. The van der Waals surface area contributed by atoms with Gasteiger partial charge in [0.15, 0.2) is 12.4 Å². The molecule has 0 unspecified atom stereocenters. The number of aldehydes is 1. The van der Waals surface area contributed by atoms with Gasteiger partial charge in [0.25, 0.3) is 0 Å². The second-order valence-electron chi connectivity index (χ2n) is 1.41. The molecule has 2 atom stereocenters. The van der Waals surface area contributed by atoms with Gasteiger partial charge in [-0.15, -0.1) is 0 Å². The summed E-state index contributed by atoms with van der Waals surface area (Å²) < 4.78 is 0. The summed E-state index contributed by atoms with van der Waals surface area (Å²) in [7, 11) is 0. The molecular weight excluding hydrogens is 128 g/mol. The normalized spacial score (nSPS) is 16.2. The lowest BCUT2D eigenvalue weighted by molar-refractivity contribution is -0.154. The summed E-state index contributed by atoms with van der Waals surface area (Å²) >= 11 is 0. The van der Waals surface area contributed by atoms with Crippen molar-refractivity contribution >= 4 is 12.3 Å². The third kappa shape index (κ3) is 2.20. The van der Waals surface area contributed by atoms with Crippen LogP contribution in [0, 0.1) is 0 Å². The van der Waals surface area contributed by atoms with E-state index in [1.165, 1.54) is 0 Å². The van der Waals surface area contributed by atoms with Crippen molar-refractivity contribution in [3.63, 3.8) is 0 Å². The maximum Gasteiger partial charge on any atom is 0.335 e. The number of carbonyl (C=O) groups excluding carboxylic acids is 1. The van der Waals surface area contributed by atoms with Crippen molar-refractivity contribution in [2.45, 2.75) is 12.2 Å². The first kappa shape index (κ1) is 8.06. The quantitative estimate of drug-likeness (QED) is 0.388. The Kier molecular flexibility index (Phi) is 2.83. The van der Waals surface area contributed by atoms with E-state index in [4.69, 9.17) is 15.3 Å². The summed E-state index contributed by atoms with van der Waals surface area (Å²) in [6.07, 6.45) is -3.89. The third-order valence-corrected chi connectivity index (χ3v) is 0.716. The zero-order valence-electron chi connectivity index (χ0n) is 4.39. The first-order chi connectivity index (χ1) is 4.09. The van der Waals surface area contributed by atoms with Gasteiger partial charge in [-0.2, -0.15) is 0 Å². The topological polar surface area (TPSA) is 94.8 Å². The van der Waals surface area contributed by atoms with E-state index in [-0.39, 0.29) is 6.29 Å². The molecule has 5 heteroatoms. The summed E-state index contributed by atoms with van der Waals surface area (Å²) in [4.78, 5) is 19.3. The summed E-state index contributed by atoms with van der Waals surface area (Å²) in [5.74, 6) is -1.62. The van der Waals surface area contributed by atoms with Gasteiger partial charge in [0.1, 0.15) is 6.10 Å². The van der Waals surface area contributed by atoms with E-state index in [0.717, 1.165) is 0 Å². The number of carboxylic acid groups (broad SMARTS) is 1. The van der Waals surface area contributed by atoms with Crippen LogP contribution in [-0.4, -0.2) is 39.8 Å². The summed E-state index contributed by atoms with van der Waals surface area (Å²) in [5, 5.41) is 24.5. The third-order valence-electron chi connectivity index (χ3n) is 0.716. The SMILES string of the molecule is O=C[C@H](O)[C@@H](O)C(=O)O. The molecule has 0 fully saturated rings. The molecule has 0 radical (unpaired) electrons. The first-order valence-corrected chi connectivity index (χ1v) is 2.14. The van der Waals surface area contributed by atoms with Crippen molar-refractivity contribution in [1.29, 1.82) is 0 Å². The summed E-state index contributed by atoms with van der Waals surface area (Å²) in [5.41, 5.74) is 0. The lowest BCUT2D eigenvalue weighted by Crippen LogP contribution is -2.34. The molecule has 3 N–H and O–H groups in total. The zero-order valence-corrected chi connectivity index (χ0v) is 4.39. The molecule has 9 heavy (non-hydrogen) atoms. The van der Waals surface area contributed by atoms with Crippen LogP contribution in [0.25, 0.3) is 0 Å². The maximum atomic E-state index is 9.73. The highest BCUT2D eigenvalue weighted by atomic mass is 16.4. The van der Waals surface area contributed by atoms with Gasteiger partial charge in [-0.1, -0.05) is 0 Å². The number of carbonyl (C=O) groups is 2. The van der Waals surface area contributed by atoms with Crippen molar-refractivity contribution in [2.75, 3.05) is 0 Å². The molecule has 0 saturated heterocycles. The van der Waals surface area contributed by atoms with Crippen LogP contribution in [0.15, 0.2) is 0 Å². The van der Waals surface area contributed by atoms with E-state index in [2.05, 4.69) is 0 Å². The smallest absolute Gasteiger partial charge is 0.335 e. The Hall–Kier alpha value is -0.940. The molecule has 5 nitrogen and oxygen atoms in total. The van der Waals surface area contributed by atoms with Gasteiger partial charge in [-0.05, 0) is 0 Å². The lowest BCUT2D eigenvalue weighted by atomic mass is 10.2. The number of hydrogen-bond acceptors (Lipinski definition) is 4. The Labute approximate surface area is 50.5 Å². The average Bonchev–Trinajstić information content (AvgIpc) is 1.84. The molecule has 0 saturated carbocycles. The molecule has 52 valence electrons. The van der Waals surface area contributed by atoms with Gasteiger partial charge in [0.2, 0.25) is 0 Å². The second-order valence-corrected chi connectivity index (χ2v) is 1.41. The van der Waals surface area contributed by atoms with E-state index in [1.807, 2.05) is 0 Å². The van der Waals surface area contributed by atoms with Gasteiger partial charge in [-0.3, -0.25) is 0 Å². The number of carboxylic acids is 1. The van der Waals surface area contributed by atoms with E-state index in [1.54, 1.807) is 0 Å². The van der Waals surface area contributed by atoms with Crippen molar-refractivity contribution in [1.82, 2.24) is 0 Å². The van der Waals surface area contributed by atoms with Crippen LogP contribution < -0.4 is 0 Å². The molecule has 0 aromatic heterocycles. The predicted molar refractivity (Wildman–Crippen MR) is 25.7 cm³/mol. The first-order valence-electron chi connectivity index (χ1n) is 2.14. The van der Waals surface area contributed by atoms with E-state index in [9.17, 15) is 9.59 Å². The number of rotatable bonds is 3. The van der Waals surface area contributed by atoms with Crippen LogP contribution in [0.2, 0.25) is 0 Å². The molecule has 0 spiro atoms. The zero-order chi connectivity index (χ0) is 7.44. The number of hydrogen-bond donors (Lipinski definition) is 3. The Morgan fingerprint density at radius 3 is 2.00 bits per heavy atom. The average molecular weight is 134 g/mol. The molecule has 0 bridgehead atoms. The van der Waals surface area contributed by atoms with Crippen molar-refractivity contribution in [3.05, 3.63) is 0 Å². The highest BCUT2D eigenvalue weighted by Crippen LogP contribution is 1.88. The van der Waals surface area contributed by atoms with Gasteiger partial charge in [-0.25, -0.2) is 4.79 Å². The van der Waals surface area contributed by atoms with Gasteiger partial charge in [0.05, 0.1) is 0 Å². The Bertz CT molecular complexity index is 120. The largest absolute Gasteiger partial charge is 0.479 e. The molecule has 0 heterocycles. The number of aliphatic hydroxyl groups excluding tert-OH is 2. The van der Waals surface area contributed by atoms with E-state index in [0.29, 0.717) is 0 Å². The molecule has 0 aliphatic carbocycles. The van der Waals surface area contributed by atoms with E-state index >= 15 is 0 Å². The van der Waals surface area contributed by atoms with Gasteiger partial charge < -0.3 is 20.1 Å². The molecule has 0 aromatic carbocycles. The molecule has 0 aromatic rings. The minimum absolute atomic E-state index is 0.0429. The standard InChI is InChI=1S/C4H6O5/c5-1-2(6)3(7)4(8)9/h1-3,6-7H,(H,8,9)/t2-,3+/m0/s1.